The number of rotatable bonds is 7. The second-order valence-corrected chi connectivity index (χ2v) is 11.6. The molecule has 1 atom stereocenters. The summed E-state index contributed by atoms with van der Waals surface area (Å²) in [4.78, 5) is 0. The SMILES string of the molecule is C=CC(C)(/C=C/C=C(\C)CCC=C(C)C)[P+](C)(C)C. The normalized spacial score (nSPS) is 16.3. The molecule has 0 heterocycles. The van der Waals surface area contributed by atoms with Crippen LogP contribution in [0, 0.1) is 0 Å². The van der Waals surface area contributed by atoms with Crippen molar-refractivity contribution >= 4 is 7.26 Å². The Kier molecular flexibility index (Phi) is 7.60. The average molecular weight is 279 g/mol. The summed E-state index contributed by atoms with van der Waals surface area (Å²) in [5, 5.41) is 0.143. The highest BCUT2D eigenvalue weighted by Crippen LogP contribution is 2.60. The van der Waals surface area contributed by atoms with E-state index in [1.54, 1.807) is 0 Å². The molecule has 0 aromatic heterocycles. The Morgan fingerprint density at radius 1 is 1.16 bits per heavy atom. The maximum Gasteiger partial charge on any atom is 0.112 e. The van der Waals surface area contributed by atoms with Crippen LogP contribution in [0.5, 0.6) is 0 Å². The van der Waals surface area contributed by atoms with Gasteiger partial charge in [0, 0.05) is 27.3 Å². The van der Waals surface area contributed by atoms with Gasteiger partial charge in [0.1, 0.15) is 5.16 Å². The fourth-order valence-electron chi connectivity index (χ4n) is 1.64. The number of hydrogen-bond acceptors (Lipinski definition) is 0. The lowest BCUT2D eigenvalue weighted by Crippen LogP contribution is -2.21. The zero-order valence-electron chi connectivity index (χ0n) is 14.0. The summed E-state index contributed by atoms with van der Waals surface area (Å²) < 4.78 is 0. The van der Waals surface area contributed by atoms with E-state index in [-0.39, 0.29) is 5.16 Å². The van der Waals surface area contributed by atoms with Gasteiger partial charge in [0.05, 0.1) is 0 Å². The van der Waals surface area contributed by atoms with Gasteiger partial charge >= 0.3 is 0 Å². The van der Waals surface area contributed by atoms with Crippen LogP contribution < -0.4 is 0 Å². The molecule has 1 heteroatoms. The third-order valence-corrected chi connectivity index (χ3v) is 6.99. The van der Waals surface area contributed by atoms with E-state index >= 15 is 0 Å². The largest absolute Gasteiger partial charge is 0.112 e. The first-order valence-electron chi connectivity index (χ1n) is 7.06. The Labute approximate surface area is 121 Å². The predicted octanol–water partition coefficient (Wildman–Crippen LogP) is 6.09. The third-order valence-electron chi connectivity index (χ3n) is 3.76. The van der Waals surface area contributed by atoms with E-state index in [1.165, 1.54) is 11.1 Å². The lowest BCUT2D eigenvalue weighted by atomic mass is 10.1. The van der Waals surface area contributed by atoms with Crippen LogP contribution in [-0.2, 0) is 0 Å². The molecule has 0 amide bonds. The molecule has 19 heavy (non-hydrogen) atoms. The Morgan fingerprint density at radius 3 is 2.16 bits per heavy atom. The van der Waals surface area contributed by atoms with Crippen molar-refractivity contribution < 1.29 is 0 Å². The third kappa shape index (κ3) is 6.92. The molecule has 0 bridgehead atoms. The molecule has 0 nitrogen and oxygen atoms in total. The van der Waals surface area contributed by atoms with Gasteiger partial charge in [-0.1, -0.05) is 36.0 Å². The predicted molar refractivity (Wildman–Crippen MR) is 94.9 cm³/mol. The maximum absolute atomic E-state index is 4.01. The fourth-order valence-corrected chi connectivity index (χ4v) is 2.73. The molecule has 1 unspecified atom stereocenters. The number of allylic oxidation sites excluding steroid dienone is 7. The van der Waals surface area contributed by atoms with Crippen LogP contribution in [0.4, 0.5) is 0 Å². The average Bonchev–Trinajstić information content (AvgIpc) is 2.26. The van der Waals surface area contributed by atoms with Gasteiger partial charge in [-0.05, 0) is 52.7 Å². The van der Waals surface area contributed by atoms with Gasteiger partial charge in [-0.25, -0.2) is 0 Å². The second kappa shape index (κ2) is 7.85. The topological polar surface area (TPSA) is 0 Å². The highest BCUT2D eigenvalue weighted by Gasteiger charge is 2.38. The van der Waals surface area contributed by atoms with Crippen molar-refractivity contribution in [2.75, 3.05) is 20.0 Å². The van der Waals surface area contributed by atoms with Crippen molar-refractivity contribution in [2.24, 2.45) is 0 Å². The Bertz CT molecular complexity index is 373. The molecule has 0 aromatic carbocycles. The van der Waals surface area contributed by atoms with Gasteiger partial charge in [0.25, 0.3) is 0 Å². The van der Waals surface area contributed by atoms with Gasteiger partial charge in [-0.15, -0.1) is 0 Å². The highest BCUT2D eigenvalue weighted by molar-refractivity contribution is 7.75. The van der Waals surface area contributed by atoms with Crippen LogP contribution in [-0.4, -0.2) is 25.2 Å². The van der Waals surface area contributed by atoms with E-state index in [1.807, 2.05) is 0 Å². The highest BCUT2D eigenvalue weighted by atomic mass is 31.2. The molecule has 0 N–H and O–H groups in total. The summed E-state index contributed by atoms with van der Waals surface area (Å²) in [6.45, 7) is 19.9. The Morgan fingerprint density at radius 2 is 1.74 bits per heavy atom. The van der Waals surface area contributed by atoms with Crippen molar-refractivity contribution in [3.05, 3.63) is 48.1 Å². The van der Waals surface area contributed by atoms with Crippen molar-refractivity contribution in [2.45, 2.75) is 45.7 Å². The molecular weight excluding hydrogens is 247 g/mol. The fraction of sp³-hybridized carbons (Fsp3) is 0.556. The standard InChI is InChI=1S/C18H32P/c1-9-18(5,19(6,7)8)15-11-14-17(4)13-10-12-16(2)3/h9,11-12,14-15H,1,10,13H2,2-8H3/q+1/b15-11+,17-14+. The van der Waals surface area contributed by atoms with Gasteiger partial charge < -0.3 is 0 Å². The number of hydrogen-bond donors (Lipinski definition) is 0. The van der Waals surface area contributed by atoms with Gasteiger partial charge in [-0.2, -0.15) is 0 Å². The summed E-state index contributed by atoms with van der Waals surface area (Å²) in [7, 11) is -0.976. The van der Waals surface area contributed by atoms with E-state index in [2.05, 4.69) is 84.6 Å². The summed E-state index contributed by atoms with van der Waals surface area (Å²) in [5.41, 5.74) is 2.84. The molecule has 0 aliphatic rings. The Hall–Kier alpha value is -0.610. The van der Waals surface area contributed by atoms with Crippen LogP contribution in [0.1, 0.15) is 40.5 Å². The first kappa shape index (κ1) is 18.4. The molecule has 0 spiro atoms. The molecule has 0 saturated heterocycles. The van der Waals surface area contributed by atoms with Crippen molar-refractivity contribution in [1.82, 2.24) is 0 Å². The molecule has 0 saturated carbocycles. The van der Waals surface area contributed by atoms with Crippen LogP contribution in [0.2, 0.25) is 0 Å². The molecule has 0 aliphatic heterocycles. The molecule has 0 aliphatic carbocycles. The quantitative estimate of drug-likeness (QED) is 0.300. The summed E-state index contributed by atoms with van der Waals surface area (Å²) in [6, 6.07) is 0. The summed E-state index contributed by atoms with van der Waals surface area (Å²) >= 11 is 0. The summed E-state index contributed by atoms with van der Waals surface area (Å²) in [6.07, 6.45) is 13.5. The van der Waals surface area contributed by atoms with E-state index in [4.69, 9.17) is 0 Å². The van der Waals surface area contributed by atoms with Crippen molar-refractivity contribution in [3.8, 4) is 0 Å². The lowest BCUT2D eigenvalue weighted by molar-refractivity contribution is 0.961. The first-order chi connectivity index (χ1) is 8.62. The molecule has 0 radical (unpaired) electrons. The van der Waals surface area contributed by atoms with E-state index in [9.17, 15) is 0 Å². The zero-order chi connectivity index (χ0) is 15.1. The van der Waals surface area contributed by atoms with Crippen molar-refractivity contribution in [1.29, 1.82) is 0 Å². The van der Waals surface area contributed by atoms with Gasteiger partial charge in [0.15, 0.2) is 0 Å². The first-order valence-corrected chi connectivity index (χ1v) is 10.2. The van der Waals surface area contributed by atoms with E-state index < -0.39 is 7.26 Å². The van der Waals surface area contributed by atoms with Gasteiger partial charge in [-0.3, -0.25) is 0 Å². The van der Waals surface area contributed by atoms with E-state index in [0.29, 0.717) is 0 Å². The molecule has 0 aromatic rings. The minimum absolute atomic E-state index is 0.143. The Balaban J connectivity index is 4.63. The van der Waals surface area contributed by atoms with Crippen molar-refractivity contribution in [3.63, 3.8) is 0 Å². The van der Waals surface area contributed by atoms with E-state index in [0.717, 1.165) is 12.8 Å². The maximum atomic E-state index is 4.01. The van der Waals surface area contributed by atoms with Crippen LogP contribution in [0.25, 0.3) is 0 Å². The zero-order valence-corrected chi connectivity index (χ0v) is 14.8. The molecule has 0 fully saturated rings. The lowest BCUT2D eigenvalue weighted by Gasteiger charge is -2.29. The smallest absolute Gasteiger partial charge is 0.0986 e. The monoisotopic (exact) mass is 279 g/mol. The molecular formula is C18H32P+. The van der Waals surface area contributed by atoms with Crippen LogP contribution in [0.3, 0.4) is 0 Å². The van der Waals surface area contributed by atoms with Crippen LogP contribution >= 0.6 is 7.26 Å². The summed E-state index contributed by atoms with van der Waals surface area (Å²) in [5.74, 6) is 0. The molecule has 0 rings (SSSR count). The minimum Gasteiger partial charge on any atom is -0.0986 e. The van der Waals surface area contributed by atoms with Crippen LogP contribution in [0.15, 0.2) is 48.1 Å². The molecule has 108 valence electrons. The second-order valence-electron chi connectivity index (χ2n) is 6.63. The van der Waals surface area contributed by atoms with Gasteiger partial charge in [0.2, 0.25) is 0 Å². The minimum atomic E-state index is -0.976.